The van der Waals surface area contributed by atoms with Crippen LogP contribution in [0.15, 0.2) is 18.2 Å². The number of fused-ring (bicyclic) bond motifs is 1. The first-order chi connectivity index (χ1) is 18.4. The molecule has 6 rings (SSSR count). The maximum absolute atomic E-state index is 13.0. The number of likely N-dealkylation sites (tertiary alicyclic amines) is 2. The topological polar surface area (TPSA) is 99.3 Å². The van der Waals surface area contributed by atoms with Crippen molar-refractivity contribution >= 4 is 23.6 Å². The molecule has 0 bridgehead atoms. The van der Waals surface area contributed by atoms with E-state index in [2.05, 4.69) is 10.2 Å². The molecule has 4 heterocycles. The highest BCUT2D eigenvalue weighted by molar-refractivity contribution is 6.05. The molecule has 9 nitrogen and oxygen atoms in total. The Labute approximate surface area is 223 Å². The highest BCUT2D eigenvalue weighted by atomic mass is 16.5. The van der Waals surface area contributed by atoms with E-state index in [4.69, 9.17) is 4.74 Å². The number of carbonyl (C=O) groups is 4. The van der Waals surface area contributed by atoms with Crippen LogP contribution >= 0.6 is 0 Å². The van der Waals surface area contributed by atoms with Gasteiger partial charge in [0.1, 0.15) is 17.9 Å². The lowest BCUT2D eigenvalue weighted by molar-refractivity contribution is -0.137. The van der Waals surface area contributed by atoms with Gasteiger partial charge in [0, 0.05) is 57.7 Å². The van der Waals surface area contributed by atoms with E-state index in [1.54, 1.807) is 11.8 Å². The van der Waals surface area contributed by atoms with Crippen LogP contribution in [0.1, 0.15) is 74.2 Å². The number of nitrogens with one attached hydrogen (secondary N) is 1. The summed E-state index contributed by atoms with van der Waals surface area (Å²) in [5.74, 6) is 1.59. The first-order valence-electron chi connectivity index (χ1n) is 14.3. The third-order valence-corrected chi connectivity index (χ3v) is 9.51. The predicted octanol–water partition coefficient (Wildman–Crippen LogP) is 2.33. The Morgan fingerprint density at radius 2 is 1.74 bits per heavy atom. The largest absolute Gasteiger partial charge is 0.489 e. The van der Waals surface area contributed by atoms with Crippen LogP contribution in [0, 0.1) is 11.8 Å². The molecule has 1 saturated carbocycles. The molecule has 4 fully saturated rings. The van der Waals surface area contributed by atoms with Crippen molar-refractivity contribution in [1.29, 1.82) is 0 Å². The average molecular weight is 523 g/mol. The molecular weight excluding hydrogens is 484 g/mol. The molecule has 204 valence electrons. The van der Waals surface area contributed by atoms with Crippen LogP contribution in [0.4, 0.5) is 0 Å². The Balaban J connectivity index is 1.06. The molecule has 1 aromatic rings. The second-order valence-electron chi connectivity index (χ2n) is 11.8. The summed E-state index contributed by atoms with van der Waals surface area (Å²) in [6.07, 6.45) is 7.54. The summed E-state index contributed by atoms with van der Waals surface area (Å²) in [5.41, 5.74) is 1.49. The van der Waals surface area contributed by atoms with Gasteiger partial charge >= 0.3 is 0 Å². The number of ether oxygens (including phenoxy) is 1. The maximum Gasteiger partial charge on any atom is 0.255 e. The molecule has 1 aliphatic carbocycles. The first kappa shape index (κ1) is 25.3. The van der Waals surface area contributed by atoms with Crippen LogP contribution in [0.5, 0.6) is 5.75 Å². The van der Waals surface area contributed by atoms with Crippen LogP contribution in [-0.4, -0.2) is 82.7 Å². The van der Waals surface area contributed by atoms with Gasteiger partial charge in [-0.25, -0.2) is 0 Å². The zero-order chi connectivity index (χ0) is 26.4. The Hall–Kier alpha value is -2.94. The third kappa shape index (κ3) is 4.81. The highest BCUT2D eigenvalue weighted by Gasteiger charge is 2.43. The van der Waals surface area contributed by atoms with Crippen LogP contribution in [-0.2, 0) is 20.9 Å². The fourth-order valence-electron chi connectivity index (χ4n) is 7.24. The van der Waals surface area contributed by atoms with E-state index in [0.29, 0.717) is 30.5 Å². The van der Waals surface area contributed by atoms with Crippen LogP contribution in [0.25, 0.3) is 0 Å². The molecule has 1 aromatic carbocycles. The minimum atomic E-state index is -0.603. The summed E-state index contributed by atoms with van der Waals surface area (Å²) in [7, 11) is 0. The fourth-order valence-corrected chi connectivity index (χ4v) is 7.24. The van der Waals surface area contributed by atoms with Crippen LogP contribution in [0.2, 0.25) is 0 Å². The monoisotopic (exact) mass is 522 g/mol. The summed E-state index contributed by atoms with van der Waals surface area (Å²) in [6, 6.07) is 5.48. The fraction of sp³-hybridized carbons (Fsp3) is 0.655. The quantitative estimate of drug-likeness (QED) is 0.596. The SMILES string of the molecule is CC(=O)N1CCC(C2CN([C@H]3CCCC[C@@H]3Oc3ccc4c(c3)CN(C3CCC(=O)NC3=O)C4=O)C2)CC1. The van der Waals surface area contributed by atoms with Crippen molar-refractivity contribution in [3.63, 3.8) is 0 Å². The van der Waals surface area contributed by atoms with Crippen molar-refractivity contribution < 1.29 is 23.9 Å². The molecule has 4 aliphatic heterocycles. The molecule has 1 unspecified atom stereocenters. The molecule has 0 spiro atoms. The number of benzene rings is 1. The van der Waals surface area contributed by atoms with E-state index in [1.165, 1.54) is 6.42 Å². The lowest BCUT2D eigenvalue weighted by Gasteiger charge is -2.51. The van der Waals surface area contributed by atoms with Gasteiger partial charge in [-0.3, -0.25) is 29.4 Å². The number of hydrogen-bond donors (Lipinski definition) is 1. The van der Waals surface area contributed by atoms with Gasteiger partial charge in [-0.05, 0) is 74.1 Å². The highest BCUT2D eigenvalue weighted by Crippen LogP contribution is 2.38. The Bertz CT molecular complexity index is 1120. The maximum atomic E-state index is 13.0. The van der Waals surface area contributed by atoms with Gasteiger partial charge in [-0.1, -0.05) is 6.42 Å². The first-order valence-corrected chi connectivity index (χ1v) is 14.3. The van der Waals surface area contributed by atoms with Gasteiger partial charge in [0.25, 0.3) is 5.91 Å². The molecule has 0 radical (unpaired) electrons. The molecule has 3 atom stereocenters. The summed E-state index contributed by atoms with van der Waals surface area (Å²) >= 11 is 0. The van der Waals surface area contributed by atoms with E-state index in [0.717, 1.165) is 75.5 Å². The average Bonchev–Trinajstić information content (AvgIpc) is 3.20. The zero-order valence-electron chi connectivity index (χ0n) is 22.2. The standard InChI is InChI=1S/C29H38N4O5/c1-18(34)31-12-10-19(11-13-31)21-15-32(16-21)24-4-2-3-5-26(24)38-22-6-7-23-20(14-22)17-33(29(23)37)25-8-9-27(35)30-28(25)36/h6-7,14,19,21,24-26H,2-5,8-13,15-17H2,1H3,(H,30,35,36)/t24-,25?,26-/m0/s1. The molecule has 38 heavy (non-hydrogen) atoms. The van der Waals surface area contributed by atoms with Crippen LogP contribution in [0.3, 0.4) is 0 Å². The summed E-state index contributed by atoms with van der Waals surface area (Å²) in [6.45, 7) is 6.06. The molecule has 4 amide bonds. The summed E-state index contributed by atoms with van der Waals surface area (Å²) in [5, 5.41) is 2.36. The Morgan fingerprint density at radius 1 is 0.974 bits per heavy atom. The number of hydrogen-bond acceptors (Lipinski definition) is 6. The third-order valence-electron chi connectivity index (χ3n) is 9.51. The number of carbonyl (C=O) groups excluding carboxylic acids is 4. The molecule has 9 heteroatoms. The van der Waals surface area contributed by atoms with Crippen molar-refractivity contribution in [3.8, 4) is 5.75 Å². The van der Waals surface area contributed by atoms with Gasteiger partial charge in [-0.15, -0.1) is 0 Å². The molecule has 0 aromatic heterocycles. The van der Waals surface area contributed by atoms with Crippen LogP contribution < -0.4 is 10.1 Å². The van der Waals surface area contributed by atoms with Gasteiger partial charge in [0.05, 0.1) is 0 Å². The summed E-state index contributed by atoms with van der Waals surface area (Å²) in [4.78, 5) is 54.7. The lowest BCUT2D eigenvalue weighted by Crippen LogP contribution is -2.60. The van der Waals surface area contributed by atoms with Gasteiger partial charge < -0.3 is 14.5 Å². The molecular formula is C29H38N4O5. The second kappa shape index (κ2) is 10.3. The molecule has 1 N–H and O–H groups in total. The normalized spacial score (nSPS) is 29.2. The Kier molecular flexibility index (Phi) is 6.88. The second-order valence-corrected chi connectivity index (χ2v) is 11.8. The van der Waals surface area contributed by atoms with Crippen molar-refractivity contribution in [3.05, 3.63) is 29.3 Å². The number of piperidine rings is 2. The minimum absolute atomic E-state index is 0.130. The van der Waals surface area contributed by atoms with E-state index < -0.39 is 6.04 Å². The van der Waals surface area contributed by atoms with Crippen molar-refractivity contribution in [2.45, 2.75) is 83.0 Å². The van der Waals surface area contributed by atoms with Crippen molar-refractivity contribution in [1.82, 2.24) is 20.0 Å². The van der Waals surface area contributed by atoms with Crippen molar-refractivity contribution in [2.75, 3.05) is 26.2 Å². The zero-order valence-corrected chi connectivity index (χ0v) is 22.2. The number of nitrogens with zero attached hydrogens (tertiary/aromatic N) is 3. The van der Waals surface area contributed by atoms with E-state index in [9.17, 15) is 19.2 Å². The summed E-state index contributed by atoms with van der Waals surface area (Å²) < 4.78 is 6.58. The smallest absolute Gasteiger partial charge is 0.255 e. The molecule has 3 saturated heterocycles. The minimum Gasteiger partial charge on any atom is -0.489 e. The van der Waals surface area contributed by atoms with Crippen molar-refractivity contribution in [2.24, 2.45) is 11.8 Å². The van der Waals surface area contributed by atoms with Gasteiger partial charge in [-0.2, -0.15) is 0 Å². The van der Waals surface area contributed by atoms with E-state index >= 15 is 0 Å². The van der Waals surface area contributed by atoms with Gasteiger partial charge in [0.2, 0.25) is 17.7 Å². The molecule has 5 aliphatic rings. The Morgan fingerprint density at radius 3 is 2.47 bits per heavy atom. The lowest BCUT2D eigenvalue weighted by atomic mass is 9.77. The number of rotatable bonds is 5. The predicted molar refractivity (Wildman–Crippen MR) is 139 cm³/mol. The number of amides is 4. The van der Waals surface area contributed by atoms with E-state index in [1.807, 2.05) is 23.1 Å². The van der Waals surface area contributed by atoms with E-state index in [-0.39, 0.29) is 36.2 Å². The van der Waals surface area contributed by atoms with Gasteiger partial charge in [0.15, 0.2) is 0 Å². The number of imide groups is 1.